The van der Waals surface area contributed by atoms with Gasteiger partial charge in [-0.2, -0.15) is 0 Å². The van der Waals surface area contributed by atoms with Crippen LogP contribution in [0.1, 0.15) is 0 Å². The zero-order valence-corrected chi connectivity index (χ0v) is 5.56. The summed E-state index contributed by atoms with van der Waals surface area (Å²) in [7, 11) is 6.39. The third-order valence-electron chi connectivity index (χ3n) is 0.406. The topological polar surface area (TPSA) is 25.8 Å². The first-order valence-electron chi connectivity index (χ1n) is 1.48. The minimum atomic E-state index is 0.793. The number of nitrogens with zero attached hydrogens (tertiary/aromatic N) is 2. The maximum atomic E-state index is 5.29. The predicted molar refractivity (Wildman–Crippen MR) is 31.6 cm³/mol. The van der Waals surface area contributed by atoms with E-state index in [9.17, 15) is 0 Å². The molecule has 38 valence electrons. The molecule has 1 heterocycles. The third kappa shape index (κ3) is 1.29. The minimum Gasteiger partial charge on any atom is -0.146 e. The van der Waals surface area contributed by atoms with Gasteiger partial charge in [-0.3, -0.25) is 0 Å². The van der Waals surface area contributed by atoms with Gasteiger partial charge in [0.15, 0.2) is 4.34 Å². The van der Waals surface area contributed by atoms with Crippen LogP contribution in [0.25, 0.3) is 0 Å². The van der Waals surface area contributed by atoms with Crippen molar-refractivity contribution in [1.29, 1.82) is 0 Å². The standard InChI is InChI=1S/C2HClN2S2/c3-7-2-5-4-1-6-2/h1H. The van der Waals surface area contributed by atoms with E-state index >= 15 is 0 Å². The second-order valence-electron chi connectivity index (χ2n) is 0.782. The van der Waals surface area contributed by atoms with Crippen LogP contribution < -0.4 is 0 Å². The number of rotatable bonds is 1. The van der Waals surface area contributed by atoms with E-state index in [1.807, 2.05) is 0 Å². The maximum absolute atomic E-state index is 5.29. The van der Waals surface area contributed by atoms with Crippen molar-refractivity contribution in [2.75, 3.05) is 0 Å². The van der Waals surface area contributed by atoms with E-state index in [0.717, 1.165) is 15.3 Å². The van der Waals surface area contributed by atoms with Crippen molar-refractivity contribution in [1.82, 2.24) is 10.2 Å². The summed E-state index contributed by atoms with van der Waals surface area (Å²) in [6.07, 6.45) is 0. The normalized spacial score (nSPS) is 9.29. The fraction of sp³-hybridized carbons (Fsp3) is 0. The van der Waals surface area contributed by atoms with Crippen LogP contribution in [0.15, 0.2) is 9.85 Å². The summed E-state index contributed by atoms with van der Waals surface area (Å²) in [5.74, 6) is 0. The number of aromatic nitrogens is 2. The van der Waals surface area contributed by atoms with Gasteiger partial charge in [0.2, 0.25) is 0 Å². The number of hydrogen-bond donors (Lipinski definition) is 0. The SMILES string of the molecule is ClSc1nncs1. The molecule has 0 atom stereocenters. The Hall–Kier alpha value is 0.200. The highest BCUT2D eigenvalue weighted by molar-refractivity contribution is 8.22. The molecule has 0 aliphatic carbocycles. The quantitative estimate of drug-likeness (QED) is 0.614. The molecular weight excluding hydrogens is 152 g/mol. The monoisotopic (exact) mass is 152 g/mol. The average molecular weight is 153 g/mol. The molecule has 7 heavy (non-hydrogen) atoms. The first kappa shape index (κ1) is 5.34. The van der Waals surface area contributed by atoms with Gasteiger partial charge in [0.05, 0.1) is 0 Å². The highest BCUT2D eigenvalue weighted by Crippen LogP contribution is 2.21. The largest absolute Gasteiger partial charge is 0.189 e. The van der Waals surface area contributed by atoms with Gasteiger partial charge >= 0.3 is 0 Å². The highest BCUT2D eigenvalue weighted by Gasteiger charge is 1.89. The van der Waals surface area contributed by atoms with Crippen LogP contribution in [0, 0.1) is 0 Å². The molecule has 0 aliphatic heterocycles. The van der Waals surface area contributed by atoms with Crippen molar-refractivity contribution in [3.05, 3.63) is 5.51 Å². The van der Waals surface area contributed by atoms with Gasteiger partial charge in [0.1, 0.15) is 5.51 Å². The summed E-state index contributed by atoms with van der Waals surface area (Å²) in [5, 5.41) is 7.19. The molecule has 0 saturated heterocycles. The summed E-state index contributed by atoms with van der Waals surface area (Å²) in [6.45, 7) is 0. The smallest absolute Gasteiger partial charge is 0.146 e. The van der Waals surface area contributed by atoms with Gasteiger partial charge in [0, 0.05) is 11.0 Å². The van der Waals surface area contributed by atoms with Gasteiger partial charge in [0.25, 0.3) is 0 Å². The van der Waals surface area contributed by atoms with Crippen molar-refractivity contribution in [2.45, 2.75) is 4.34 Å². The molecule has 0 saturated carbocycles. The molecule has 1 rings (SSSR count). The van der Waals surface area contributed by atoms with Crippen molar-refractivity contribution >= 4 is 33.0 Å². The van der Waals surface area contributed by atoms with Crippen LogP contribution in [-0.2, 0) is 0 Å². The Balaban J connectivity index is 2.76. The predicted octanol–water partition coefficient (Wildman–Crippen LogP) is 1.78. The molecule has 0 N–H and O–H groups in total. The first-order chi connectivity index (χ1) is 3.43. The summed E-state index contributed by atoms with van der Waals surface area (Å²) in [4.78, 5) is 0. The molecule has 5 heteroatoms. The van der Waals surface area contributed by atoms with Crippen molar-refractivity contribution in [3.63, 3.8) is 0 Å². The fourth-order valence-corrected chi connectivity index (χ4v) is 1.25. The minimum absolute atomic E-state index is 0.793. The van der Waals surface area contributed by atoms with Gasteiger partial charge < -0.3 is 0 Å². The summed E-state index contributed by atoms with van der Waals surface area (Å²) in [5.41, 5.74) is 1.64. The lowest BCUT2D eigenvalue weighted by molar-refractivity contribution is 1.01. The molecule has 2 nitrogen and oxygen atoms in total. The second-order valence-corrected chi connectivity index (χ2v) is 2.88. The van der Waals surface area contributed by atoms with E-state index in [1.54, 1.807) is 5.51 Å². The van der Waals surface area contributed by atoms with E-state index in [0.29, 0.717) is 0 Å². The maximum Gasteiger partial charge on any atom is 0.189 e. The van der Waals surface area contributed by atoms with Gasteiger partial charge in [-0.05, 0) is 10.7 Å². The average Bonchev–Trinajstić information content (AvgIpc) is 2.14. The number of hydrogen-bond acceptors (Lipinski definition) is 4. The molecule has 0 amide bonds. The van der Waals surface area contributed by atoms with Crippen LogP contribution in [0.3, 0.4) is 0 Å². The Kier molecular flexibility index (Phi) is 1.90. The Labute approximate surface area is 53.4 Å². The van der Waals surface area contributed by atoms with Crippen molar-refractivity contribution in [3.8, 4) is 0 Å². The highest BCUT2D eigenvalue weighted by atomic mass is 35.7. The van der Waals surface area contributed by atoms with Crippen LogP contribution in [0.5, 0.6) is 0 Å². The zero-order valence-electron chi connectivity index (χ0n) is 3.17. The molecule has 0 aromatic carbocycles. The molecular formula is C2HClN2S2. The van der Waals surface area contributed by atoms with Crippen LogP contribution in [0.4, 0.5) is 0 Å². The number of halogens is 1. The van der Waals surface area contributed by atoms with E-state index < -0.39 is 0 Å². The van der Waals surface area contributed by atoms with Gasteiger partial charge in [-0.1, -0.05) is 11.3 Å². The Morgan fingerprint density at radius 1 is 1.86 bits per heavy atom. The van der Waals surface area contributed by atoms with Gasteiger partial charge in [-0.25, -0.2) is 0 Å². The molecule has 0 fully saturated rings. The summed E-state index contributed by atoms with van der Waals surface area (Å²) < 4.78 is 0.793. The Morgan fingerprint density at radius 2 is 2.71 bits per heavy atom. The molecule has 0 aliphatic rings. The third-order valence-corrected chi connectivity index (χ3v) is 2.35. The summed E-state index contributed by atoms with van der Waals surface area (Å²) >= 11 is 1.43. The lowest BCUT2D eigenvalue weighted by Gasteiger charge is -1.71. The van der Waals surface area contributed by atoms with Crippen LogP contribution in [0.2, 0.25) is 0 Å². The van der Waals surface area contributed by atoms with Crippen molar-refractivity contribution < 1.29 is 0 Å². The van der Waals surface area contributed by atoms with Crippen LogP contribution in [-0.4, -0.2) is 10.2 Å². The molecule has 1 aromatic heterocycles. The first-order valence-corrected chi connectivity index (χ1v) is 4.00. The second kappa shape index (κ2) is 2.49. The van der Waals surface area contributed by atoms with Crippen LogP contribution >= 0.6 is 33.0 Å². The van der Waals surface area contributed by atoms with E-state index in [4.69, 9.17) is 10.7 Å². The molecule has 1 aromatic rings. The van der Waals surface area contributed by atoms with E-state index in [1.165, 1.54) is 11.3 Å². The molecule has 0 unspecified atom stereocenters. The zero-order chi connectivity index (χ0) is 5.11. The molecule has 0 radical (unpaired) electrons. The molecule has 0 bridgehead atoms. The Bertz CT molecular complexity index is 128. The fourth-order valence-electron chi connectivity index (χ4n) is 0.197. The Morgan fingerprint density at radius 3 is 3.00 bits per heavy atom. The van der Waals surface area contributed by atoms with E-state index in [-0.39, 0.29) is 0 Å². The lowest BCUT2D eigenvalue weighted by atomic mass is 11.6. The molecule has 0 spiro atoms. The van der Waals surface area contributed by atoms with Gasteiger partial charge in [-0.15, -0.1) is 10.2 Å². The van der Waals surface area contributed by atoms with Crippen molar-refractivity contribution in [2.24, 2.45) is 0 Å². The summed E-state index contributed by atoms with van der Waals surface area (Å²) in [6, 6.07) is 0. The van der Waals surface area contributed by atoms with E-state index in [2.05, 4.69) is 10.2 Å². The lowest BCUT2D eigenvalue weighted by Crippen LogP contribution is -1.61.